The maximum atomic E-state index is 7.93. The second-order valence-corrected chi connectivity index (χ2v) is 31.4. The highest BCUT2D eigenvalue weighted by molar-refractivity contribution is 6.21. The normalized spacial score (nSPS) is 11.3. The first-order chi connectivity index (χ1) is 59.1. The van der Waals surface area contributed by atoms with Gasteiger partial charge in [-0.3, -0.25) is 0 Å². The number of pyridine rings is 3. The molecule has 0 aliphatic heterocycles. The Morgan fingerprint density at radius 2 is 0.678 bits per heavy atom. The lowest BCUT2D eigenvalue weighted by molar-refractivity contribution is -0.666. The number of hydrogen-bond acceptors (Lipinski definition) is 4. The second-order valence-electron chi connectivity index (χ2n) is 31.4. The Morgan fingerprint density at radius 3 is 1.24 bits per heavy atom. The maximum Gasteiger partial charge on any atom is 0.237 e. The van der Waals surface area contributed by atoms with E-state index in [1.54, 1.807) is 0 Å². The van der Waals surface area contributed by atoms with Gasteiger partial charge in [0.05, 0.1) is 44.3 Å². The molecular weight excluding hydrogens is 1480 g/mol. The molecule has 7 aromatic heterocycles. The summed E-state index contributed by atoms with van der Waals surface area (Å²) in [5.41, 5.74) is 36.7. The number of fused-ring (bicyclic) bond motifs is 12. The Labute approximate surface area is 705 Å². The molecule has 20 rings (SSSR count). The lowest BCUT2D eigenvalue weighted by Crippen LogP contribution is -2.35. The van der Waals surface area contributed by atoms with Crippen LogP contribution >= 0.6 is 0 Å². The second kappa shape index (κ2) is 32.2. The van der Waals surface area contributed by atoms with E-state index < -0.39 is 0 Å². The zero-order valence-corrected chi connectivity index (χ0v) is 69.8. The molecule has 0 amide bonds. The molecule has 0 atom stereocenters. The van der Waals surface area contributed by atoms with E-state index in [2.05, 4.69) is 244 Å². The summed E-state index contributed by atoms with van der Waals surface area (Å²) in [6.45, 7) is 51.9. The van der Waals surface area contributed by atoms with Crippen LogP contribution < -0.4 is 13.7 Å². The molecule has 20 aromatic rings. The fraction of sp³-hybridized carbons (Fsp3) is 0.118. The number of benzene rings is 13. The predicted molar refractivity (Wildman–Crippen MR) is 494 cm³/mol. The maximum absolute atomic E-state index is 7.93. The third kappa shape index (κ3) is 14.1. The van der Waals surface area contributed by atoms with Crippen molar-refractivity contribution in [2.75, 3.05) is 0 Å². The van der Waals surface area contributed by atoms with Crippen LogP contribution in [0.4, 0.5) is 22.7 Å². The summed E-state index contributed by atoms with van der Waals surface area (Å²) in [4.78, 5) is 15.1. The van der Waals surface area contributed by atoms with Crippen LogP contribution in [0.2, 0.25) is 0 Å². The van der Waals surface area contributed by atoms with Crippen molar-refractivity contribution in [2.24, 2.45) is 21.1 Å². The van der Waals surface area contributed by atoms with Crippen molar-refractivity contribution in [3.8, 4) is 89.4 Å². The number of rotatable bonds is 8. The summed E-state index contributed by atoms with van der Waals surface area (Å²) < 4.78 is 40.3. The van der Waals surface area contributed by atoms with E-state index >= 15 is 0 Å². The Balaban J connectivity index is 0.000000116. The molecule has 0 bridgehead atoms. The lowest BCUT2D eigenvalue weighted by Gasteiger charge is -2.12. The van der Waals surface area contributed by atoms with Crippen LogP contribution in [-0.4, -0.2) is 0 Å². The molecule has 0 radical (unpaired) electrons. The summed E-state index contributed by atoms with van der Waals surface area (Å²) in [6.07, 6.45) is 0. The molecule has 0 saturated carbocycles. The molecule has 0 aliphatic carbocycles. The highest BCUT2D eigenvalue weighted by atomic mass is 16.3. The van der Waals surface area contributed by atoms with Crippen LogP contribution in [-0.2, 0) is 21.1 Å². The number of nitrogens with zero attached hydrogens (tertiary/aromatic N) is 7. The van der Waals surface area contributed by atoms with E-state index in [4.69, 9.17) is 45.3 Å². The largest absolute Gasteiger partial charge is 0.466 e. The number of aryl methyl sites for hydroxylation is 10. The quantitative estimate of drug-likeness (QED) is 0.112. The number of aromatic nitrogens is 3. The highest BCUT2D eigenvalue weighted by Crippen LogP contribution is 2.50. The summed E-state index contributed by atoms with van der Waals surface area (Å²) in [5.74, 6) is 0. The number of furan rings is 4. The first kappa shape index (κ1) is 76.7. The fourth-order valence-corrected chi connectivity index (χ4v) is 17.3. The van der Waals surface area contributed by atoms with Gasteiger partial charge in [-0.1, -0.05) is 236 Å². The summed E-state index contributed by atoms with van der Waals surface area (Å²) in [7, 11) is 6.27. The fourth-order valence-electron chi connectivity index (χ4n) is 17.3. The zero-order chi connectivity index (χ0) is 85.1. The molecule has 582 valence electrons. The molecule has 0 fully saturated rings. The SMILES string of the molecule is [2H]c1ccc(-c2cccc3c2oc2c([N+]#[C-])c(-c4ccccc4)ccc23)cc1C.[C-]#[N+]c1cc(-c2ccccc2)cc2c1oc1c(-c3cc(C)cc(C)[n+]3C)c(C)ccc12.[C-]#[N+]c1ccc(-c2ccccc2)c2c1oc1c(-c3cc(C)cc(C)[n+]3C)c(C)ccc12.[C-]#[N+]c1cccc2c1oc1c(-c3cc(C)cc(C)[n+]3C)c(C)cc(-c3ccccc3)c12. The first-order valence-corrected chi connectivity index (χ1v) is 40.3. The molecule has 0 spiro atoms. The van der Waals surface area contributed by atoms with Gasteiger partial charge in [0.2, 0.25) is 39.8 Å². The van der Waals surface area contributed by atoms with Crippen LogP contribution in [0.1, 0.15) is 57.4 Å². The van der Waals surface area contributed by atoms with Gasteiger partial charge >= 0.3 is 0 Å². The van der Waals surface area contributed by atoms with Gasteiger partial charge in [0.25, 0.3) is 0 Å². The molecule has 0 unspecified atom stereocenters. The molecule has 0 N–H and O–H groups in total. The topological polar surface area (TPSA) is 81.6 Å². The Bertz CT molecular complexity index is 7840. The Morgan fingerprint density at radius 1 is 0.256 bits per heavy atom. The minimum absolute atomic E-state index is 0.522. The van der Waals surface area contributed by atoms with Crippen molar-refractivity contribution in [3.63, 3.8) is 0 Å². The smallest absolute Gasteiger partial charge is 0.237 e. The van der Waals surface area contributed by atoms with Gasteiger partial charge in [-0.15, -0.1) is 0 Å². The van der Waals surface area contributed by atoms with Crippen LogP contribution in [0.15, 0.2) is 303 Å². The molecule has 13 aromatic carbocycles. The molecular formula is C110H86N7O4+3. The van der Waals surface area contributed by atoms with Gasteiger partial charge in [-0.2, -0.15) is 13.7 Å². The van der Waals surface area contributed by atoms with E-state index in [-0.39, 0.29) is 0 Å². The van der Waals surface area contributed by atoms with Crippen molar-refractivity contribution < 1.29 is 32.7 Å². The van der Waals surface area contributed by atoms with Crippen LogP contribution in [0.3, 0.4) is 0 Å². The Hall–Kier alpha value is -15.5. The monoisotopic (exact) mass is 1570 g/mol. The Kier molecular flexibility index (Phi) is 20.4. The molecule has 121 heavy (non-hydrogen) atoms. The predicted octanol–water partition coefficient (Wildman–Crippen LogP) is 29.4. The standard InChI is InChI=1S/3C28H23N2O.C26H17NO/c1-17-14-19(3)30(5)24(15-17)25-18(2)16-22(20-10-7-6-8-11-20)26-21-12-9-13-23(29-4)27(21)31-28(25)26;1-17-13-19(3)30(5)25(14-17)26-18(2)11-12-22-23-15-21(20-9-7-6-8-10-20)16-24(29-4)27(23)31-28(22)26;1-17-15-19(3)30(5)24(16-17)25-18(2)11-12-22-26-21(20-9-7-6-8-10-20)13-14-23(29-4)28(26)31-27(22)25;1-17-8-6-11-19(16-17)21-12-7-13-22-23-15-14-20(18-9-4-3-5-10-18)24(27-2)26(23)28-25(21)22/h3*6-16H,1-3,5H3;3-16H,1H3/q3*+1;/i;;;8D. The van der Waals surface area contributed by atoms with E-state index in [0.29, 0.717) is 51.1 Å². The molecule has 0 saturated heterocycles. The van der Waals surface area contributed by atoms with Crippen molar-refractivity contribution in [1.29, 1.82) is 0 Å². The van der Waals surface area contributed by atoms with Gasteiger partial charge < -0.3 is 17.7 Å². The van der Waals surface area contributed by atoms with Crippen molar-refractivity contribution in [2.45, 2.75) is 69.2 Å². The van der Waals surface area contributed by atoms with Crippen molar-refractivity contribution >= 4 is 111 Å². The summed E-state index contributed by atoms with van der Waals surface area (Å²) in [6, 6.07) is 95.0. The minimum atomic E-state index is 0.522. The third-order valence-electron chi connectivity index (χ3n) is 23.4. The van der Waals surface area contributed by atoms with Gasteiger partial charge in [0.1, 0.15) is 65.8 Å². The van der Waals surface area contributed by atoms with Gasteiger partial charge in [-0.25, -0.2) is 19.4 Å². The minimum Gasteiger partial charge on any atom is -0.466 e. The molecule has 11 heteroatoms. The zero-order valence-electron chi connectivity index (χ0n) is 70.8. The average molecular weight is 1570 g/mol. The van der Waals surface area contributed by atoms with E-state index in [9.17, 15) is 0 Å². The van der Waals surface area contributed by atoms with E-state index in [1.165, 1.54) is 33.8 Å². The van der Waals surface area contributed by atoms with Crippen LogP contribution in [0.25, 0.3) is 197 Å². The average Bonchev–Trinajstić information content (AvgIpc) is 1.53. The number of hydrogen-bond donors (Lipinski definition) is 0. The molecule has 7 heterocycles. The lowest BCUT2D eigenvalue weighted by atomic mass is 9.92. The summed E-state index contributed by atoms with van der Waals surface area (Å²) >= 11 is 0. The van der Waals surface area contributed by atoms with Gasteiger partial charge in [-0.05, 0) is 150 Å². The van der Waals surface area contributed by atoms with Crippen molar-refractivity contribution in [3.05, 3.63) is 387 Å². The van der Waals surface area contributed by atoms with Crippen LogP contribution in [0, 0.1) is 95.5 Å². The summed E-state index contributed by atoms with van der Waals surface area (Å²) in [5, 5.41) is 8.05. The third-order valence-corrected chi connectivity index (χ3v) is 23.4. The first-order valence-electron chi connectivity index (χ1n) is 40.8. The molecule has 0 aliphatic rings. The van der Waals surface area contributed by atoms with Gasteiger partial charge in [0.15, 0.2) is 17.1 Å². The van der Waals surface area contributed by atoms with Crippen LogP contribution in [0.5, 0.6) is 0 Å². The van der Waals surface area contributed by atoms with Gasteiger partial charge in [0, 0.05) is 106 Å². The highest BCUT2D eigenvalue weighted by Gasteiger charge is 2.30. The molecule has 11 nitrogen and oxygen atoms in total. The van der Waals surface area contributed by atoms with Crippen molar-refractivity contribution in [1.82, 2.24) is 0 Å². The van der Waals surface area contributed by atoms with E-state index in [0.717, 1.165) is 177 Å². The number of para-hydroxylation sites is 2. The van der Waals surface area contributed by atoms with E-state index in [1.807, 2.05) is 159 Å².